The Hall–Kier alpha value is -1.20. The first-order valence-corrected chi connectivity index (χ1v) is 6.85. The van der Waals surface area contributed by atoms with Gasteiger partial charge in [-0.15, -0.1) is 0 Å². The van der Waals surface area contributed by atoms with Gasteiger partial charge >= 0.3 is 0 Å². The number of likely N-dealkylation sites (tertiary alicyclic amines) is 1. The summed E-state index contributed by atoms with van der Waals surface area (Å²) in [5.74, 6) is -0.572. The molecule has 1 aromatic carbocycles. The van der Waals surface area contributed by atoms with Crippen LogP contribution in [0.1, 0.15) is 19.3 Å². The first kappa shape index (κ1) is 14.2. The van der Waals surface area contributed by atoms with Gasteiger partial charge in [0.25, 0.3) is 0 Å². The minimum atomic E-state index is -0.572. The summed E-state index contributed by atoms with van der Waals surface area (Å²) in [4.78, 5) is 2.28. The van der Waals surface area contributed by atoms with E-state index >= 15 is 0 Å². The number of hydrogen-bond donors (Lipinski definition) is 3. The number of nitrogens with one attached hydrogen (secondary N) is 1. The fourth-order valence-electron chi connectivity index (χ4n) is 2.47. The zero-order valence-corrected chi connectivity index (χ0v) is 11.8. The summed E-state index contributed by atoms with van der Waals surface area (Å²) in [5, 5.41) is 2.99. The van der Waals surface area contributed by atoms with Crippen molar-refractivity contribution in [1.29, 1.82) is 0 Å². The highest BCUT2D eigenvalue weighted by Gasteiger charge is 2.20. The second-order valence-electron chi connectivity index (χ2n) is 5.07. The Kier molecular flexibility index (Phi) is 4.37. The van der Waals surface area contributed by atoms with E-state index in [1.54, 1.807) is 0 Å². The van der Waals surface area contributed by atoms with Crippen LogP contribution in [0.25, 0.3) is 0 Å². The van der Waals surface area contributed by atoms with E-state index < -0.39 is 5.82 Å². The van der Waals surface area contributed by atoms with Gasteiger partial charge in [-0.1, -0.05) is 18.0 Å². The standard InChI is InChI=1S/C13H20ClFN4/c1-19-5-3-2-4-8(19)7-18-13-10(17)6-9(16)11(14)12(13)15/h6,8,18H,2-5,7,16-17H2,1H3. The lowest BCUT2D eigenvalue weighted by molar-refractivity contribution is 0.194. The van der Waals surface area contributed by atoms with Gasteiger partial charge in [0.2, 0.25) is 0 Å². The molecule has 0 radical (unpaired) electrons. The minimum absolute atomic E-state index is 0.0753. The van der Waals surface area contributed by atoms with Gasteiger partial charge in [-0.2, -0.15) is 0 Å². The summed E-state index contributed by atoms with van der Waals surface area (Å²) >= 11 is 5.80. The van der Waals surface area contributed by atoms with Gasteiger partial charge in [-0.3, -0.25) is 0 Å². The van der Waals surface area contributed by atoms with Gasteiger partial charge in [-0.25, -0.2) is 4.39 Å². The van der Waals surface area contributed by atoms with E-state index in [-0.39, 0.29) is 22.1 Å². The Morgan fingerprint density at radius 3 is 2.84 bits per heavy atom. The smallest absolute Gasteiger partial charge is 0.169 e. The Morgan fingerprint density at radius 1 is 1.42 bits per heavy atom. The van der Waals surface area contributed by atoms with Crippen molar-refractivity contribution in [2.24, 2.45) is 0 Å². The summed E-state index contributed by atoms with van der Waals surface area (Å²) in [7, 11) is 2.08. The maximum atomic E-state index is 14.0. The minimum Gasteiger partial charge on any atom is -0.397 e. The molecule has 0 bridgehead atoms. The predicted molar refractivity (Wildman–Crippen MR) is 79.0 cm³/mol. The van der Waals surface area contributed by atoms with Crippen molar-refractivity contribution in [2.75, 3.05) is 36.9 Å². The molecule has 19 heavy (non-hydrogen) atoms. The van der Waals surface area contributed by atoms with Crippen LogP contribution in [-0.2, 0) is 0 Å². The van der Waals surface area contributed by atoms with E-state index in [2.05, 4.69) is 17.3 Å². The van der Waals surface area contributed by atoms with Crippen LogP contribution in [-0.4, -0.2) is 31.1 Å². The SMILES string of the molecule is CN1CCCCC1CNc1c(N)cc(N)c(Cl)c1F. The Labute approximate surface area is 117 Å². The van der Waals surface area contributed by atoms with Crippen molar-refractivity contribution < 1.29 is 4.39 Å². The molecule has 1 fully saturated rings. The average Bonchev–Trinajstić information content (AvgIpc) is 2.38. The Bertz CT molecular complexity index is 466. The van der Waals surface area contributed by atoms with Gasteiger partial charge in [0.05, 0.1) is 17.1 Å². The molecule has 1 aromatic rings. The van der Waals surface area contributed by atoms with Gasteiger partial charge < -0.3 is 21.7 Å². The first-order valence-electron chi connectivity index (χ1n) is 6.47. The molecule has 1 saturated heterocycles. The average molecular weight is 287 g/mol. The monoisotopic (exact) mass is 286 g/mol. The Balaban J connectivity index is 2.09. The van der Waals surface area contributed by atoms with Crippen LogP contribution >= 0.6 is 11.6 Å². The maximum absolute atomic E-state index is 14.0. The molecule has 0 amide bonds. The highest BCUT2D eigenvalue weighted by Crippen LogP contribution is 2.33. The molecule has 5 N–H and O–H groups in total. The van der Waals surface area contributed by atoms with Gasteiger partial charge in [0.1, 0.15) is 5.02 Å². The van der Waals surface area contributed by atoms with Crippen LogP contribution in [0, 0.1) is 5.82 Å². The van der Waals surface area contributed by atoms with Crippen molar-refractivity contribution in [3.63, 3.8) is 0 Å². The number of nitrogen functional groups attached to an aromatic ring is 2. The van der Waals surface area contributed by atoms with Crippen molar-refractivity contribution >= 4 is 28.7 Å². The zero-order chi connectivity index (χ0) is 14.0. The predicted octanol–water partition coefficient (Wildman–Crippen LogP) is 2.54. The summed E-state index contributed by atoms with van der Waals surface area (Å²) in [6.45, 7) is 1.73. The van der Waals surface area contributed by atoms with E-state index in [1.165, 1.54) is 18.9 Å². The van der Waals surface area contributed by atoms with Crippen LogP contribution in [0.2, 0.25) is 5.02 Å². The molecule has 1 aliphatic rings. The van der Waals surface area contributed by atoms with E-state index in [0.29, 0.717) is 12.6 Å². The normalized spacial score (nSPS) is 20.5. The molecule has 6 heteroatoms. The third kappa shape index (κ3) is 3.04. The number of rotatable bonds is 3. The number of likely N-dealkylation sites (N-methyl/N-ethyl adjacent to an activating group) is 1. The summed E-state index contributed by atoms with van der Waals surface area (Å²) in [6, 6.07) is 1.88. The van der Waals surface area contributed by atoms with E-state index in [0.717, 1.165) is 13.0 Å². The molecule has 0 aliphatic carbocycles. The van der Waals surface area contributed by atoms with Crippen molar-refractivity contribution in [1.82, 2.24) is 4.90 Å². The van der Waals surface area contributed by atoms with Gasteiger partial charge in [0, 0.05) is 12.6 Å². The molecular formula is C13H20ClFN4. The molecule has 1 unspecified atom stereocenters. The molecule has 1 atom stereocenters. The number of halogens is 2. The van der Waals surface area contributed by atoms with Crippen LogP contribution in [0.3, 0.4) is 0 Å². The van der Waals surface area contributed by atoms with E-state index in [4.69, 9.17) is 23.1 Å². The summed E-state index contributed by atoms with van der Waals surface area (Å²) in [5.41, 5.74) is 12.1. The third-order valence-electron chi connectivity index (χ3n) is 3.70. The topological polar surface area (TPSA) is 67.3 Å². The quantitative estimate of drug-likeness (QED) is 0.747. The number of nitrogens with two attached hydrogens (primary N) is 2. The molecule has 1 aliphatic heterocycles. The number of benzene rings is 1. The lowest BCUT2D eigenvalue weighted by Crippen LogP contribution is -2.40. The van der Waals surface area contributed by atoms with Crippen LogP contribution < -0.4 is 16.8 Å². The highest BCUT2D eigenvalue weighted by molar-refractivity contribution is 6.33. The molecular weight excluding hydrogens is 267 g/mol. The largest absolute Gasteiger partial charge is 0.397 e. The second kappa shape index (κ2) is 5.84. The summed E-state index contributed by atoms with van der Waals surface area (Å²) in [6.07, 6.45) is 3.53. The van der Waals surface area contributed by atoms with Crippen molar-refractivity contribution in [3.05, 3.63) is 16.9 Å². The second-order valence-corrected chi connectivity index (χ2v) is 5.45. The van der Waals surface area contributed by atoms with E-state index in [9.17, 15) is 4.39 Å². The van der Waals surface area contributed by atoms with Crippen LogP contribution in [0.4, 0.5) is 21.5 Å². The fraction of sp³-hybridized carbons (Fsp3) is 0.538. The van der Waals surface area contributed by atoms with Crippen LogP contribution in [0.5, 0.6) is 0 Å². The van der Waals surface area contributed by atoms with Gasteiger partial charge in [0.15, 0.2) is 5.82 Å². The maximum Gasteiger partial charge on any atom is 0.169 e. The molecule has 106 valence electrons. The number of anilines is 3. The van der Waals surface area contributed by atoms with Crippen molar-refractivity contribution in [3.8, 4) is 0 Å². The van der Waals surface area contributed by atoms with Crippen LogP contribution in [0.15, 0.2) is 6.07 Å². The number of nitrogens with zero attached hydrogens (tertiary/aromatic N) is 1. The number of piperidine rings is 1. The first-order chi connectivity index (χ1) is 9.00. The molecule has 0 spiro atoms. The zero-order valence-electron chi connectivity index (χ0n) is 11.0. The Morgan fingerprint density at radius 2 is 2.16 bits per heavy atom. The van der Waals surface area contributed by atoms with E-state index in [1.807, 2.05) is 0 Å². The molecule has 0 aromatic heterocycles. The highest BCUT2D eigenvalue weighted by atomic mass is 35.5. The molecule has 0 saturated carbocycles. The van der Waals surface area contributed by atoms with Crippen molar-refractivity contribution in [2.45, 2.75) is 25.3 Å². The molecule has 4 nitrogen and oxygen atoms in total. The van der Waals surface area contributed by atoms with Gasteiger partial charge in [-0.05, 0) is 32.5 Å². The fourth-order valence-corrected chi connectivity index (χ4v) is 2.62. The molecule has 1 heterocycles. The molecule has 2 rings (SSSR count). The third-order valence-corrected chi connectivity index (χ3v) is 4.09. The lowest BCUT2D eigenvalue weighted by Gasteiger charge is -2.33. The number of hydrogen-bond acceptors (Lipinski definition) is 4. The lowest BCUT2D eigenvalue weighted by atomic mass is 10.0. The summed E-state index contributed by atoms with van der Waals surface area (Å²) < 4.78 is 14.0.